The molecular formula is C8H6F2N2. The molecule has 0 saturated heterocycles. The van der Waals surface area contributed by atoms with Gasteiger partial charge in [-0.25, -0.2) is 8.78 Å². The van der Waals surface area contributed by atoms with Gasteiger partial charge in [0.05, 0.1) is 5.56 Å². The predicted octanol–water partition coefficient (Wildman–Crippen LogP) is 1.30. The quantitative estimate of drug-likeness (QED) is 0.686. The minimum Gasteiger partial charge on any atom is -0.326 e. The molecule has 0 atom stereocenters. The average Bonchev–Trinajstić information content (AvgIpc) is 2.06. The van der Waals surface area contributed by atoms with Crippen molar-refractivity contribution >= 4 is 0 Å². The van der Waals surface area contributed by atoms with Crippen LogP contribution in [0.5, 0.6) is 0 Å². The maximum atomic E-state index is 13.0. The summed E-state index contributed by atoms with van der Waals surface area (Å²) in [5.74, 6) is -1.57. The molecule has 12 heavy (non-hydrogen) atoms. The van der Waals surface area contributed by atoms with E-state index in [9.17, 15) is 8.78 Å². The Hall–Kier alpha value is -1.47. The molecule has 0 aromatic heterocycles. The number of halogens is 2. The van der Waals surface area contributed by atoms with E-state index < -0.39 is 11.6 Å². The lowest BCUT2D eigenvalue weighted by atomic mass is 10.1. The van der Waals surface area contributed by atoms with Gasteiger partial charge in [0.2, 0.25) is 0 Å². The summed E-state index contributed by atoms with van der Waals surface area (Å²) < 4.78 is 25.7. The van der Waals surface area contributed by atoms with Crippen LogP contribution < -0.4 is 5.73 Å². The Morgan fingerprint density at radius 1 is 1.42 bits per heavy atom. The van der Waals surface area contributed by atoms with Crippen LogP contribution in [0.4, 0.5) is 8.78 Å². The largest absolute Gasteiger partial charge is 0.326 e. The third-order valence-corrected chi connectivity index (χ3v) is 1.51. The molecule has 0 fully saturated rings. The molecule has 2 N–H and O–H groups in total. The van der Waals surface area contributed by atoms with Crippen molar-refractivity contribution in [3.63, 3.8) is 0 Å². The number of benzene rings is 1. The molecule has 0 spiro atoms. The van der Waals surface area contributed by atoms with Gasteiger partial charge in [0.15, 0.2) is 0 Å². The number of hydrogen-bond acceptors (Lipinski definition) is 2. The molecule has 2 nitrogen and oxygen atoms in total. The monoisotopic (exact) mass is 168 g/mol. The molecule has 1 rings (SSSR count). The van der Waals surface area contributed by atoms with Crippen LogP contribution in [0.3, 0.4) is 0 Å². The molecule has 0 heterocycles. The van der Waals surface area contributed by atoms with E-state index in [0.29, 0.717) is 0 Å². The first-order chi connectivity index (χ1) is 5.70. The van der Waals surface area contributed by atoms with Crippen molar-refractivity contribution < 1.29 is 8.78 Å². The fourth-order valence-electron chi connectivity index (χ4n) is 0.871. The minimum atomic E-state index is -0.861. The van der Waals surface area contributed by atoms with E-state index in [2.05, 4.69) is 0 Å². The first-order valence-electron chi connectivity index (χ1n) is 3.27. The van der Waals surface area contributed by atoms with Crippen LogP contribution >= 0.6 is 0 Å². The Morgan fingerprint density at radius 3 is 2.58 bits per heavy atom. The summed E-state index contributed by atoms with van der Waals surface area (Å²) in [7, 11) is 0. The zero-order valence-corrected chi connectivity index (χ0v) is 6.14. The van der Waals surface area contributed by atoms with E-state index in [1.807, 2.05) is 0 Å². The number of nitrogens with zero attached hydrogens (tertiary/aromatic N) is 1. The third-order valence-electron chi connectivity index (χ3n) is 1.51. The predicted molar refractivity (Wildman–Crippen MR) is 39.0 cm³/mol. The van der Waals surface area contributed by atoms with Gasteiger partial charge in [-0.15, -0.1) is 0 Å². The topological polar surface area (TPSA) is 49.8 Å². The summed E-state index contributed by atoms with van der Waals surface area (Å²) in [6, 6.07) is 3.72. The molecule has 1 aromatic carbocycles. The molecule has 0 amide bonds. The number of nitrogens with two attached hydrogens (primary N) is 1. The molecule has 0 bridgehead atoms. The Kier molecular flexibility index (Phi) is 2.36. The first-order valence-corrected chi connectivity index (χ1v) is 3.27. The molecule has 0 radical (unpaired) electrons. The summed E-state index contributed by atoms with van der Waals surface area (Å²) in [4.78, 5) is 0. The van der Waals surface area contributed by atoms with Gasteiger partial charge in [-0.05, 0) is 12.1 Å². The second-order valence-electron chi connectivity index (χ2n) is 2.20. The molecule has 0 aliphatic rings. The highest BCUT2D eigenvalue weighted by atomic mass is 19.1. The highest BCUT2D eigenvalue weighted by Crippen LogP contribution is 2.15. The van der Waals surface area contributed by atoms with Gasteiger partial charge in [-0.2, -0.15) is 5.26 Å². The minimum absolute atomic E-state index is 0.183. The van der Waals surface area contributed by atoms with Crippen LogP contribution in [-0.2, 0) is 6.54 Å². The zero-order valence-electron chi connectivity index (χ0n) is 6.14. The van der Waals surface area contributed by atoms with Gasteiger partial charge < -0.3 is 5.73 Å². The van der Waals surface area contributed by atoms with E-state index >= 15 is 0 Å². The smallest absolute Gasteiger partial charge is 0.148 e. The third kappa shape index (κ3) is 1.27. The number of hydrogen-bond donors (Lipinski definition) is 1. The highest BCUT2D eigenvalue weighted by Gasteiger charge is 2.10. The fourth-order valence-corrected chi connectivity index (χ4v) is 0.871. The van der Waals surface area contributed by atoms with E-state index in [1.165, 1.54) is 0 Å². The van der Waals surface area contributed by atoms with Crippen molar-refractivity contribution in [3.8, 4) is 6.07 Å². The summed E-state index contributed by atoms with van der Waals surface area (Å²) in [6.07, 6.45) is 0. The van der Waals surface area contributed by atoms with Crippen molar-refractivity contribution in [1.29, 1.82) is 5.26 Å². The Morgan fingerprint density at radius 2 is 2.08 bits per heavy atom. The second kappa shape index (κ2) is 3.28. The lowest BCUT2D eigenvalue weighted by Crippen LogP contribution is -2.04. The average molecular weight is 168 g/mol. The van der Waals surface area contributed by atoms with Gasteiger partial charge in [0.1, 0.15) is 17.7 Å². The molecule has 0 aliphatic heterocycles. The maximum Gasteiger partial charge on any atom is 0.148 e. The van der Waals surface area contributed by atoms with Crippen molar-refractivity contribution in [2.24, 2.45) is 5.73 Å². The van der Waals surface area contributed by atoms with Crippen molar-refractivity contribution in [2.75, 3.05) is 0 Å². The summed E-state index contributed by atoms with van der Waals surface area (Å²) in [5, 5.41) is 8.38. The fraction of sp³-hybridized carbons (Fsp3) is 0.125. The summed E-state index contributed by atoms with van der Waals surface area (Å²) in [6.45, 7) is -0.243. The van der Waals surface area contributed by atoms with E-state index in [4.69, 9.17) is 11.0 Å². The van der Waals surface area contributed by atoms with E-state index in [-0.39, 0.29) is 17.7 Å². The van der Waals surface area contributed by atoms with Gasteiger partial charge in [0.25, 0.3) is 0 Å². The normalized spacial score (nSPS) is 9.50. The molecular weight excluding hydrogens is 162 g/mol. The highest BCUT2D eigenvalue weighted by molar-refractivity contribution is 5.35. The van der Waals surface area contributed by atoms with Crippen molar-refractivity contribution in [1.82, 2.24) is 0 Å². The second-order valence-corrected chi connectivity index (χ2v) is 2.20. The number of nitriles is 1. The molecule has 4 heteroatoms. The molecule has 0 aliphatic carbocycles. The Labute approximate surface area is 68.2 Å². The summed E-state index contributed by atoms with van der Waals surface area (Å²) >= 11 is 0. The van der Waals surface area contributed by atoms with E-state index in [0.717, 1.165) is 12.1 Å². The molecule has 1 aromatic rings. The number of rotatable bonds is 1. The Bertz CT molecular complexity index is 342. The van der Waals surface area contributed by atoms with Crippen LogP contribution in [-0.4, -0.2) is 0 Å². The standard InChI is InChI=1S/C8H6F2N2/c9-7-2-1-5(3-11)8(10)6(7)4-12/h1-2H,4,12H2. The summed E-state index contributed by atoms with van der Waals surface area (Å²) in [5.41, 5.74) is 4.66. The van der Waals surface area contributed by atoms with Gasteiger partial charge in [0, 0.05) is 12.1 Å². The maximum absolute atomic E-state index is 13.0. The van der Waals surface area contributed by atoms with Crippen LogP contribution in [0.15, 0.2) is 12.1 Å². The molecule has 62 valence electrons. The van der Waals surface area contributed by atoms with Crippen LogP contribution in [0.25, 0.3) is 0 Å². The van der Waals surface area contributed by atoms with E-state index in [1.54, 1.807) is 6.07 Å². The van der Waals surface area contributed by atoms with Gasteiger partial charge in [-0.1, -0.05) is 0 Å². The SMILES string of the molecule is N#Cc1ccc(F)c(CN)c1F. The lowest BCUT2D eigenvalue weighted by Gasteiger charge is -2.01. The van der Waals surface area contributed by atoms with Crippen molar-refractivity contribution in [3.05, 3.63) is 34.9 Å². The van der Waals surface area contributed by atoms with Crippen LogP contribution in [0.2, 0.25) is 0 Å². The molecule has 0 saturated carbocycles. The Balaban J connectivity index is 3.36. The first kappa shape index (κ1) is 8.62. The zero-order chi connectivity index (χ0) is 9.14. The lowest BCUT2D eigenvalue weighted by molar-refractivity contribution is 0.554. The van der Waals surface area contributed by atoms with Crippen LogP contribution in [0.1, 0.15) is 11.1 Å². The van der Waals surface area contributed by atoms with Gasteiger partial charge >= 0.3 is 0 Å². The van der Waals surface area contributed by atoms with Crippen LogP contribution in [0, 0.1) is 23.0 Å². The molecule has 0 unspecified atom stereocenters. The van der Waals surface area contributed by atoms with Crippen molar-refractivity contribution in [2.45, 2.75) is 6.54 Å². The van der Waals surface area contributed by atoms with Gasteiger partial charge in [-0.3, -0.25) is 0 Å².